The molecule has 1 aliphatic rings. The van der Waals surface area contributed by atoms with E-state index in [1.807, 2.05) is 12.3 Å². The van der Waals surface area contributed by atoms with Gasteiger partial charge in [-0.25, -0.2) is 9.97 Å². The van der Waals surface area contributed by atoms with Crippen molar-refractivity contribution in [2.75, 3.05) is 25.1 Å². The highest BCUT2D eigenvalue weighted by atomic mass is 35.5. The van der Waals surface area contributed by atoms with Crippen molar-refractivity contribution in [3.05, 3.63) is 53.4 Å². The molecule has 0 spiro atoms. The Kier molecular flexibility index (Phi) is 8.44. The number of methoxy groups -OCH3 is 1. The van der Waals surface area contributed by atoms with Crippen molar-refractivity contribution >= 4 is 46.3 Å². The SMILES string of the molecule is COC(=O)C[C@@H](NC(=O)C1(CC(=O)OC(C)(C)C)CCN(c2ncnc3[nH]ccc23)CC1)c1ccc(Cl)cc1. The van der Waals surface area contributed by atoms with Crippen molar-refractivity contribution in [3.8, 4) is 0 Å². The van der Waals surface area contributed by atoms with Gasteiger partial charge in [0.1, 0.15) is 23.4 Å². The van der Waals surface area contributed by atoms with Crippen molar-refractivity contribution in [2.45, 2.75) is 58.1 Å². The minimum atomic E-state index is -1.04. The molecular weight excluding hydrogens is 522 g/mol. The van der Waals surface area contributed by atoms with E-state index in [1.165, 1.54) is 13.4 Å². The number of carbonyl (C=O) groups is 3. The third kappa shape index (κ3) is 6.86. The first kappa shape index (κ1) is 28.4. The summed E-state index contributed by atoms with van der Waals surface area (Å²) in [7, 11) is 1.30. The van der Waals surface area contributed by atoms with Crippen LogP contribution in [0.4, 0.5) is 5.82 Å². The van der Waals surface area contributed by atoms with Gasteiger partial charge in [-0.3, -0.25) is 14.4 Å². The van der Waals surface area contributed by atoms with Gasteiger partial charge in [0.25, 0.3) is 0 Å². The van der Waals surface area contributed by atoms with Gasteiger partial charge in [0.15, 0.2) is 0 Å². The van der Waals surface area contributed by atoms with E-state index < -0.39 is 29.0 Å². The topological polar surface area (TPSA) is 127 Å². The van der Waals surface area contributed by atoms with Crippen LogP contribution < -0.4 is 10.2 Å². The van der Waals surface area contributed by atoms with Crippen LogP contribution in [0.1, 0.15) is 58.1 Å². The minimum absolute atomic E-state index is 0.0646. The second-order valence-corrected chi connectivity index (χ2v) is 11.3. The second kappa shape index (κ2) is 11.6. The van der Waals surface area contributed by atoms with Gasteiger partial charge in [0.05, 0.1) is 36.8 Å². The van der Waals surface area contributed by atoms with E-state index in [2.05, 4.69) is 25.2 Å². The van der Waals surface area contributed by atoms with E-state index in [-0.39, 0.29) is 18.7 Å². The third-order valence-corrected chi connectivity index (χ3v) is 7.17. The first-order valence-corrected chi connectivity index (χ1v) is 13.3. The molecule has 0 saturated carbocycles. The van der Waals surface area contributed by atoms with Crippen LogP contribution >= 0.6 is 11.6 Å². The fourth-order valence-corrected chi connectivity index (χ4v) is 5.03. The molecule has 11 heteroatoms. The Morgan fingerprint density at radius 1 is 1.10 bits per heavy atom. The van der Waals surface area contributed by atoms with Gasteiger partial charge < -0.3 is 24.7 Å². The zero-order chi connectivity index (χ0) is 28.2. The molecule has 208 valence electrons. The van der Waals surface area contributed by atoms with Crippen LogP contribution in [0.2, 0.25) is 5.02 Å². The Bertz CT molecular complexity index is 1330. The average molecular weight is 556 g/mol. The largest absolute Gasteiger partial charge is 0.469 e. The Morgan fingerprint density at radius 2 is 1.79 bits per heavy atom. The number of hydrogen-bond acceptors (Lipinski definition) is 8. The molecule has 0 bridgehead atoms. The summed E-state index contributed by atoms with van der Waals surface area (Å²) in [5.41, 5.74) is -0.285. The summed E-state index contributed by atoms with van der Waals surface area (Å²) in [6.07, 6.45) is 3.95. The molecule has 2 N–H and O–H groups in total. The Balaban J connectivity index is 1.59. The van der Waals surface area contributed by atoms with Gasteiger partial charge in [-0.1, -0.05) is 23.7 Å². The number of nitrogens with zero attached hydrogens (tertiary/aromatic N) is 3. The van der Waals surface area contributed by atoms with Crippen molar-refractivity contribution in [1.82, 2.24) is 20.3 Å². The number of benzene rings is 1. The average Bonchev–Trinajstić information content (AvgIpc) is 3.37. The molecule has 1 fully saturated rings. The van der Waals surface area contributed by atoms with Crippen LogP contribution in [-0.4, -0.2) is 58.6 Å². The fourth-order valence-electron chi connectivity index (χ4n) is 4.90. The lowest BCUT2D eigenvalue weighted by Gasteiger charge is -2.41. The van der Waals surface area contributed by atoms with Crippen molar-refractivity contribution in [3.63, 3.8) is 0 Å². The minimum Gasteiger partial charge on any atom is -0.469 e. The molecule has 3 aromatic rings. The number of nitrogens with one attached hydrogen (secondary N) is 2. The quantitative estimate of drug-likeness (QED) is 0.393. The molecule has 0 aliphatic carbocycles. The Hall–Kier alpha value is -3.66. The number of hydrogen-bond donors (Lipinski definition) is 2. The number of halogens is 1. The van der Waals surface area contributed by atoms with Gasteiger partial charge in [-0.15, -0.1) is 0 Å². The maximum atomic E-state index is 14.0. The molecule has 2 aromatic heterocycles. The lowest BCUT2D eigenvalue weighted by molar-refractivity contribution is -0.161. The molecule has 0 unspecified atom stereocenters. The van der Waals surface area contributed by atoms with Crippen LogP contribution in [-0.2, 0) is 23.9 Å². The highest BCUT2D eigenvalue weighted by molar-refractivity contribution is 6.30. The summed E-state index contributed by atoms with van der Waals surface area (Å²) in [5, 5.41) is 4.47. The molecule has 39 heavy (non-hydrogen) atoms. The lowest BCUT2D eigenvalue weighted by Crippen LogP contribution is -2.51. The summed E-state index contributed by atoms with van der Waals surface area (Å²) in [4.78, 5) is 53.2. The maximum absolute atomic E-state index is 14.0. The Morgan fingerprint density at radius 3 is 2.44 bits per heavy atom. The van der Waals surface area contributed by atoms with Crippen molar-refractivity contribution in [1.29, 1.82) is 0 Å². The van der Waals surface area contributed by atoms with Gasteiger partial charge in [0.2, 0.25) is 5.91 Å². The maximum Gasteiger partial charge on any atom is 0.307 e. The molecule has 1 aliphatic heterocycles. The van der Waals surface area contributed by atoms with Gasteiger partial charge in [-0.2, -0.15) is 0 Å². The number of aromatic nitrogens is 3. The molecular formula is C28H34ClN5O5. The van der Waals surface area contributed by atoms with Crippen LogP contribution in [0.5, 0.6) is 0 Å². The summed E-state index contributed by atoms with van der Waals surface area (Å²) in [5.74, 6) is -0.452. The standard InChI is InChI=1S/C28H34ClN5O5/c1-27(2,3)39-23(36)16-28(10-13-34(14-11-28)25-20-9-12-30-24(20)31-17-32-25)26(37)33-21(15-22(35)38-4)18-5-7-19(29)8-6-18/h5-9,12,17,21H,10-11,13-16H2,1-4H3,(H,33,37)(H,30,31,32)/t21-/m1/s1. The van der Waals surface area contributed by atoms with Crippen molar-refractivity contribution < 1.29 is 23.9 Å². The zero-order valence-corrected chi connectivity index (χ0v) is 23.4. The first-order chi connectivity index (χ1) is 18.5. The first-order valence-electron chi connectivity index (χ1n) is 12.9. The number of fused-ring (bicyclic) bond motifs is 1. The number of H-pyrrole nitrogens is 1. The zero-order valence-electron chi connectivity index (χ0n) is 22.6. The van der Waals surface area contributed by atoms with Crippen LogP contribution in [0.3, 0.4) is 0 Å². The summed E-state index contributed by atoms with van der Waals surface area (Å²) < 4.78 is 10.5. The molecule has 10 nitrogen and oxygen atoms in total. The van der Waals surface area contributed by atoms with Crippen molar-refractivity contribution in [2.24, 2.45) is 5.41 Å². The van der Waals surface area contributed by atoms with E-state index in [0.29, 0.717) is 36.5 Å². The fraction of sp³-hybridized carbons (Fsp3) is 0.464. The Labute approximate surface area is 232 Å². The molecule has 1 saturated heterocycles. The monoisotopic (exact) mass is 555 g/mol. The number of rotatable bonds is 8. The second-order valence-electron chi connectivity index (χ2n) is 10.8. The highest BCUT2D eigenvalue weighted by Crippen LogP contribution is 2.39. The molecule has 1 amide bonds. The lowest BCUT2D eigenvalue weighted by atomic mass is 9.74. The van der Waals surface area contributed by atoms with Crippen LogP contribution in [0, 0.1) is 5.41 Å². The van der Waals surface area contributed by atoms with Gasteiger partial charge >= 0.3 is 11.9 Å². The predicted octanol–water partition coefficient (Wildman–Crippen LogP) is 4.35. The number of ether oxygens (including phenoxy) is 2. The summed E-state index contributed by atoms with van der Waals surface area (Å²) >= 11 is 6.06. The van der Waals surface area contributed by atoms with Gasteiger partial charge in [-0.05, 0) is 57.4 Å². The van der Waals surface area contributed by atoms with E-state index in [0.717, 1.165) is 16.9 Å². The van der Waals surface area contributed by atoms with E-state index in [1.54, 1.807) is 45.0 Å². The smallest absolute Gasteiger partial charge is 0.307 e. The van der Waals surface area contributed by atoms with E-state index >= 15 is 0 Å². The van der Waals surface area contributed by atoms with E-state index in [4.69, 9.17) is 21.1 Å². The van der Waals surface area contributed by atoms with Gasteiger partial charge in [0, 0.05) is 24.3 Å². The number of piperidine rings is 1. The number of anilines is 1. The summed E-state index contributed by atoms with van der Waals surface area (Å²) in [6.45, 7) is 6.38. The predicted molar refractivity (Wildman–Crippen MR) is 147 cm³/mol. The molecule has 3 heterocycles. The molecule has 1 atom stereocenters. The molecule has 1 aromatic carbocycles. The third-order valence-electron chi connectivity index (χ3n) is 6.91. The molecule has 4 rings (SSSR count). The highest BCUT2D eigenvalue weighted by Gasteiger charge is 2.45. The van der Waals surface area contributed by atoms with Crippen LogP contribution in [0.15, 0.2) is 42.9 Å². The number of amides is 1. The normalized spacial score (nSPS) is 16.0. The number of carbonyl (C=O) groups excluding carboxylic acids is 3. The number of aromatic amines is 1. The van der Waals surface area contributed by atoms with Crippen LogP contribution in [0.25, 0.3) is 11.0 Å². The molecule has 0 radical (unpaired) electrons. The number of esters is 2. The summed E-state index contributed by atoms with van der Waals surface area (Å²) in [6, 6.07) is 8.19. The van der Waals surface area contributed by atoms with E-state index in [9.17, 15) is 14.4 Å².